The van der Waals surface area contributed by atoms with E-state index in [0.717, 1.165) is 5.56 Å². The van der Waals surface area contributed by atoms with Crippen LogP contribution in [-0.2, 0) is 6.54 Å². The van der Waals surface area contributed by atoms with Gasteiger partial charge in [0.05, 0.1) is 24.1 Å². The Morgan fingerprint density at radius 1 is 1.03 bits per heavy atom. The van der Waals surface area contributed by atoms with Crippen LogP contribution in [0.15, 0.2) is 82.6 Å². The quantitative estimate of drug-likeness (QED) is 0.277. The summed E-state index contributed by atoms with van der Waals surface area (Å²) in [5, 5.41) is 23.2. The van der Waals surface area contributed by atoms with Crippen molar-refractivity contribution in [1.29, 1.82) is 0 Å². The molecule has 1 aromatic heterocycles. The largest absolute Gasteiger partial charge is 0.497 e. The van der Waals surface area contributed by atoms with E-state index in [4.69, 9.17) is 4.74 Å². The average molecular weight is 429 g/mol. The van der Waals surface area contributed by atoms with Crippen LogP contribution in [0.2, 0.25) is 0 Å². The first-order valence-corrected chi connectivity index (χ1v) is 9.74. The van der Waals surface area contributed by atoms with Gasteiger partial charge in [0.15, 0.2) is 0 Å². The van der Waals surface area contributed by atoms with Gasteiger partial charge in [0, 0.05) is 23.1 Å². The summed E-state index contributed by atoms with van der Waals surface area (Å²) in [6.07, 6.45) is 1.35. The molecule has 0 atom stereocenters. The Morgan fingerprint density at radius 2 is 1.69 bits per heavy atom. The lowest BCUT2D eigenvalue weighted by atomic mass is 10.1. The van der Waals surface area contributed by atoms with Crippen LogP contribution in [0.5, 0.6) is 11.6 Å². The SMILES string of the molecule is COc1ccc(Cn2c(O)c(C=Nc3ccccc3[N+](=O)[O-])c3ccccc3c2=O)cc1. The highest BCUT2D eigenvalue weighted by Gasteiger charge is 2.16. The van der Waals surface area contributed by atoms with Crippen LogP contribution in [0.1, 0.15) is 11.1 Å². The van der Waals surface area contributed by atoms with Gasteiger partial charge in [0.1, 0.15) is 11.4 Å². The molecule has 1 N–H and O–H groups in total. The highest BCUT2D eigenvalue weighted by molar-refractivity contribution is 6.02. The zero-order valence-corrected chi connectivity index (χ0v) is 17.1. The highest BCUT2D eigenvalue weighted by atomic mass is 16.6. The standard InChI is InChI=1S/C24H19N3O5/c1-32-17-12-10-16(11-13-17)15-26-23(28)19-7-3-2-6-18(19)20(24(26)29)14-25-21-8-4-5-9-22(21)27(30)31/h2-14,29H,15H2,1H3. The fraction of sp³-hybridized carbons (Fsp3) is 0.0833. The van der Waals surface area contributed by atoms with Gasteiger partial charge < -0.3 is 9.84 Å². The molecule has 4 rings (SSSR count). The van der Waals surface area contributed by atoms with E-state index in [2.05, 4.69) is 4.99 Å². The van der Waals surface area contributed by atoms with Crippen molar-refractivity contribution in [2.75, 3.05) is 7.11 Å². The molecule has 0 amide bonds. The number of nitro groups is 1. The number of fused-ring (bicyclic) bond motifs is 1. The predicted molar refractivity (Wildman–Crippen MR) is 122 cm³/mol. The van der Waals surface area contributed by atoms with Crippen molar-refractivity contribution in [3.63, 3.8) is 0 Å². The van der Waals surface area contributed by atoms with Crippen molar-refractivity contribution >= 4 is 28.4 Å². The zero-order valence-electron chi connectivity index (χ0n) is 17.1. The number of hydrogen-bond donors (Lipinski definition) is 1. The topological polar surface area (TPSA) is 107 Å². The van der Waals surface area contributed by atoms with Gasteiger partial charge in [-0.15, -0.1) is 0 Å². The Hall–Kier alpha value is -4.46. The first kappa shape index (κ1) is 20.8. The maximum absolute atomic E-state index is 13.1. The second kappa shape index (κ2) is 8.73. The van der Waals surface area contributed by atoms with Gasteiger partial charge in [-0.1, -0.05) is 42.5 Å². The number of aromatic hydroxyl groups is 1. The molecule has 0 saturated heterocycles. The Kier molecular flexibility index (Phi) is 5.67. The fourth-order valence-corrected chi connectivity index (χ4v) is 3.46. The summed E-state index contributed by atoms with van der Waals surface area (Å²) >= 11 is 0. The summed E-state index contributed by atoms with van der Waals surface area (Å²) in [5.74, 6) is 0.410. The Bertz CT molecular complexity index is 1390. The van der Waals surface area contributed by atoms with Crippen molar-refractivity contribution in [2.45, 2.75) is 6.54 Å². The number of ether oxygens (including phenoxy) is 1. The molecule has 0 radical (unpaired) electrons. The third-order valence-corrected chi connectivity index (χ3v) is 5.10. The van der Waals surface area contributed by atoms with Crippen LogP contribution in [0.3, 0.4) is 0 Å². The first-order chi connectivity index (χ1) is 15.5. The van der Waals surface area contributed by atoms with Crippen LogP contribution in [0.25, 0.3) is 10.8 Å². The lowest BCUT2D eigenvalue weighted by Gasteiger charge is -2.14. The summed E-state index contributed by atoms with van der Waals surface area (Å²) in [4.78, 5) is 28.1. The summed E-state index contributed by atoms with van der Waals surface area (Å²) in [6.45, 7) is 0.131. The summed E-state index contributed by atoms with van der Waals surface area (Å²) in [6, 6.07) is 20.1. The lowest BCUT2D eigenvalue weighted by Crippen LogP contribution is -2.22. The molecule has 0 aliphatic rings. The lowest BCUT2D eigenvalue weighted by molar-refractivity contribution is -0.384. The smallest absolute Gasteiger partial charge is 0.294 e. The summed E-state index contributed by atoms with van der Waals surface area (Å²) in [7, 11) is 1.57. The molecule has 0 saturated carbocycles. The van der Waals surface area contributed by atoms with E-state index in [1.165, 1.54) is 22.9 Å². The van der Waals surface area contributed by atoms with Gasteiger partial charge in [-0.2, -0.15) is 0 Å². The number of rotatable bonds is 6. The molecule has 1 heterocycles. The minimum absolute atomic E-state index is 0.131. The Balaban J connectivity index is 1.85. The number of hydrogen-bond acceptors (Lipinski definition) is 6. The number of aromatic nitrogens is 1. The third-order valence-electron chi connectivity index (χ3n) is 5.10. The van der Waals surface area contributed by atoms with E-state index >= 15 is 0 Å². The molecule has 0 fully saturated rings. The molecular weight excluding hydrogens is 410 g/mol. The number of methoxy groups -OCH3 is 1. The monoisotopic (exact) mass is 429 g/mol. The van der Waals surface area contributed by atoms with E-state index in [1.54, 1.807) is 67.8 Å². The Labute approximate surface area is 182 Å². The van der Waals surface area contributed by atoms with Crippen LogP contribution in [-0.4, -0.2) is 27.9 Å². The average Bonchev–Trinajstić information content (AvgIpc) is 2.82. The van der Waals surface area contributed by atoms with E-state index in [-0.39, 0.29) is 29.4 Å². The molecule has 0 unspecified atom stereocenters. The summed E-state index contributed by atoms with van der Waals surface area (Å²) < 4.78 is 6.42. The Morgan fingerprint density at radius 3 is 2.38 bits per heavy atom. The van der Waals surface area contributed by atoms with Crippen molar-refractivity contribution in [2.24, 2.45) is 4.99 Å². The number of aliphatic imine (C=N–C) groups is 1. The van der Waals surface area contributed by atoms with E-state index in [1.807, 2.05) is 0 Å². The predicted octanol–water partition coefficient (Wildman–Crippen LogP) is 4.42. The molecule has 8 heteroatoms. The molecule has 4 aromatic rings. The zero-order chi connectivity index (χ0) is 22.7. The second-order valence-corrected chi connectivity index (χ2v) is 7.03. The fourth-order valence-electron chi connectivity index (χ4n) is 3.46. The second-order valence-electron chi connectivity index (χ2n) is 7.03. The molecular formula is C24H19N3O5. The van der Waals surface area contributed by atoms with Crippen molar-refractivity contribution < 1.29 is 14.8 Å². The summed E-state index contributed by atoms with van der Waals surface area (Å²) in [5.41, 5.74) is 0.733. The third kappa shape index (κ3) is 3.93. The highest BCUT2D eigenvalue weighted by Crippen LogP contribution is 2.29. The van der Waals surface area contributed by atoms with Crippen LogP contribution < -0.4 is 10.3 Å². The number of nitrogens with zero attached hydrogens (tertiary/aromatic N) is 3. The van der Waals surface area contributed by atoms with Gasteiger partial charge >= 0.3 is 0 Å². The molecule has 0 aliphatic carbocycles. The van der Waals surface area contributed by atoms with Gasteiger partial charge in [-0.25, -0.2) is 4.99 Å². The number of benzene rings is 3. The van der Waals surface area contributed by atoms with Crippen molar-refractivity contribution in [3.8, 4) is 11.6 Å². The number of para-hydroxylation sites is 2. The molecule has 32 heavy (non-hydrogen) atoms. The van der Waals surface area contributed by atoms with Crippen molar-refractivity contribution in [3.05, 3.63) is 104 Å². The molecule has 0 bridgehead atoms. The minimum atomic E-state index is -0.519. The van der Waals surface area contributed by atoms with Crippen LogP contribution >= 0.6 is 0 Å². The van der Waals surface area contributed by atoms with Gasteiger partial charge in [0.2, 0.25) is 5.88 Å². The first-order valence-electron chi connectivity index (χ1n) is 9.74. The number of nitro benzene ring substituents is 1. The van der Waals surface area contributed by atoms with E-state index in [9.17, 15) is 20.0 Å². The normalized spacial score (nSPS) is 11.2. The maximum Gasteiger partial charge on any atom is 0.294 e. The van der Waals surface area contributed by atoms with Gasteiger partial charge in [-0.05, 0) is 29.8 Å². The molecule has 3 aromatic carbocycles. The maximum atomic E-state index is 13.1. The molecule has 0 aliphatic heterocycles. The molecule has 160 valence electrons. The molecule has 0 spiro atoms. The van der Waals surface area contributed by atoms with Gasteiger partial charge in [0.25, 0.3) is 11.2 Å². The molecule has 8 nitrogen and oxygen atoms in total. The van der Waals surface area contributed by atoms with Crippen LogP contribution in [0, 0.1) is 10.1 Å². The van der Waals surface area contributed by atoms with Gasteiger partial charge in [-0.3, -0.25) is 19.5 Å². The van der Waals surface area contributed by atoms with Crippen LogP contribution in [0.4, 0.5) is 11.4 Å². The minimum Gasteiger partial charge on any atom is -0.497 e. The van der Waals surface area contributed by atoms with Crippen molar-refractivity contribution in [1.82, 2.24) is 4.57 Å². The number of pyridine rings is 1. The van der Waals surface area contributed by atoms with E-state index in [0.29, 0.717) is 22.1 Å². The van der Waals surface area contributed by atoms with E-state index < -0.39 is 4.92 Å².